The maximum absolute atomic E-state index is 12.7. The van der Waals surface area contributed by atoms with Crippen LogP contribution in [0.15, 0.2) is 36.5 Å². The number of carbonyl (C=O) groups excluding carboxylic acids is 2. The lowest BCUT2D eigenvalue weighted by molar-refractivity contribution is 0.0827. The van der Waals surface area contributed by atoms with Crippen molar-refractivity contribution < 1.29 is 9.59 Å². The third-order valence-electron chi connectivity index (χ3n) is 4.30. The molecule has 1 aromatic carbocycles. The van der Waals surface area contributed by atoms with Crippen LogP contribution < -0.4 is 15.5 Å². The number of halogens is 1. The number of amides is 2. The van der Waals surface area contributed by atoms with Crippen LogP contribution in [0.1, 0.15) is 20.7 Å². The summed E-state index contributed by atoms with van der Waals surface area (Å²) in [4.78, 5) is 33.2. The van der Waals surface area contributed by atoms with E-state index in [1.807, 2.05) is 0 Å². The summed E-state index contributed by atoms with van der Waals surface area (Å²) in [6.07, 6.45) is 1.57. The summed E-state index contributed by atoms with van der Waals surface area (Å²) in [6.45, 7) is 3.21. The Bertz CT molecular complexity index is 850. The van der Waals surface area contributed by atoms with E-state index in [2.05, 4.69) is 20.5 Å². The molecule has 1 aliphatic heterocycles. The van der Waals surface area contributed by atoms with Crippen molar-refractivity contribution in [1.82, 2.24) is 15.2 Å². The van der Waals surface area contributed by atoms with Gasteiger partial charge in [0.2, 0.25) is 0 Å². The molecule has 8 heteroatoms. The van der Waals surface area contributed by atoms with Crippen molar-refractivity contribution in [3.05, 3.63) is 52.7 Å². The molecule has 0 unspecified atom stereocenters. The van der Waals surface area contributed by atoms with Crippen molar-refractivity contribution in [3.8, 4) is 0 Å². The number of aromatic nitrogens is 1. The molecule has 0 radical (unpaired) electrons. The highest BCUT2D eigenvalue weighted by molar-refractivity contribution is 6.34. The highest BCUT2D eigenvalue weighted by atomic mass is 35.5. The Morgan fingerprint density at radius 2 is 1.89 bits per heavy atom. The maximum Gasteiger partial charge on any atom is 0.257 e. The van der Waals surface area contributed by atoms with E-state index < -0.39 is 0 Å². The summed E-state index contributed by atoms with van der Waals surface area (Å²) in [5.41, 5.74) is 1.27. The Morgan fingerprint density at radius 3 is 2.56 bits per heavy atom. The van der Waals surface area contributed by atoms with Crippen LogP contribution in [0, 0.1) is 0 Å². The van der Waals surface area contributed by atoms with Crippen LogP contribution in [0.3, 0.4) is 0 Å². The second-order valence-corrected chi connectivity index (χ2v) is 6.87. The first-order valence-electron chi connectivity index (χ1n) is 8.70. The normalized spacial score (nSPS) is 14.0. The standard InChI is InChI=1S/C19H22ClN5O2/c1-24(2)19(27)15-11-13(12-22-17(15)25-9-7-21-8-10-25)23-18(26)14-5-3-4-6-16(14)20/h3-6,11-12,21H,7-10H2,1-2H3,(H,23,26). The van der Waals surface area contributed by atoms with Crippen molar-refractivity contribution in [3.63, 3.8) is 0 Å². The number of carbonyl (C=O) groups is 2. The molecule has 0 spiro atoms. The minimum absolute atomic E-state index is 0.162. The number of hydrogen-bond donors (Lipinski definition) is 2. The fourth-order valence-electron chi connectivity index (χ4n) is 2.90. The Balaban J connectivity index is 1.90. The molecular weight excluding hydrogens is 366 g/mol. The molecule has 0 saturated carbocycles. The molecule has 27 heavy (non-hydrogen) atoms. The number of hydrogen-bond acceptors (Lipinski definition) is 5. The van der Waals surface area contributed by atoms with Gasteiger partial charge in [-0.2, -0.15) is 0 Å². The Hall–Kier alpha value is -2.64. The molecule has 0 atom stereocenters. The van der Waals surface area contributed by atoms with Gasteiger partial charge in [0.05, 0.1) is 28.0 Å². The average molecular weight is 388 g/mol. The van der Waals surface area contributed by atoms with Crippen LogP contribution in [0.25, 0.3) is 0 Å². The SMILES string of the molecule is CN(C)C(=O)c1cc(NC(=O)c2ccccc2Cl)cnc1N1CCNCC1. The summed E-state index contributed by atoms with van der Waals surface area (Å²) in [6, 6.07) is 8.47. The molecule has 3 rings (SSSR count). The minimum atomic E-state index is -0.347. The summed E-state index contributed by atoms with van der Waals surface area (Å²) < 4.78 is 0. The molecule has 1 fully saturated rings. The second kappa shape index (κ2) is 8.37. The summed E-state index contributed by atoms with van der Waals surface area (Å²) >= 11 is 6.09. The summed E-state index contributed by atoms with van der Waals surface area (Å²) in [5.74, 6) is 0.122. The first kappa shape index (κ1) is 19.1. The van der Waals surface area contributed by atoms with Gasteiger partial charge in [-0.25, -0.2) is 4.98 Å². The molecule has 7 nitrogen and oxygen atoms in total. The van der Waals surface area contributed by atoms with Gasteiger partial charge in [-0.1, -0.05) is 23.7 Å². The molecule has 0 aliphatic carbocycles. The Morgan fingerprint density at radius 1 is 1.19 bits per heavy atom. The molecule has 0 bridgehead atoms. The summed E-state index contributed by atoms with van der Waals surface area (Å²) in [5, 5.41) is 6.42. The van der Waals surface area contributed by atoms with Gasteiger partial charge in [-0.3, -0.25) is 9.59 Å². The van der Waals surface area contributed by atoms with Gasteiger partial charge in [0.1, 0.15) is 5.82 Å². The van der Waals surface area contributed by atoms with Crippen LogP contribution in [-0.2, 0) is 0 Å². The van der Waals surface area contributed by atoms with Crippen LogP contribution in [0.4, 0.5) is 11.5 Å². The number of pyridine rings is 1. The Kier molecular flexibility index (Phi) is 5.93. The van der Waals surface area contributed by atoms with E-state index in [9.17, 15) is 9.59 Å². The molecule has 2 heterocycles. The van der Waals surface area contributed by atoms with Gasteiger partial charge in [0.25, 0.3) is 11.8 Å². The smallest absolute Gasteiger partial charge is 0.257 e. The van der Waals surface area contributed by atoms with Gasteiger partial charge in [-0.05, 0) is 18.2 Å². The second-order valence-electron chi connectivity index (χ2n) is 6.47. The zero-order valence-corrected chi connectivity index (χ0v) is 16.1. The molecule has 2 amide bonds. The predicted octanol–water partition coefficient (Wildman–Crippen LogP) is 2.10. The van der Waals surface area contributed by atoms with Gasteiger partial charge >= 0.3 is 0 Å². The average Bonchev–Trinajstić information content (AvgIpc) is 2.68. The number of nitrogens with zero attached hydrogens (tertiary/aromatic N) is 3. The van der Waals surface area contributed by atoms with E-state index in [4.69, 9.17) is 11.6 Å². The fourth-order valence-corrected chi connectivity index (χ4v) is 3.12. The number of piperazine rings is 1. The van der Waals surface area contributed by atoms with Crippen LogP contribution in [0.5, 0.6) is 0 Å². The number of nitrogens with one attached hydrogen (secondary N) is 2. The van der Waals surface area contributed by atoms with E-state index in [-0.39, 0.29) is 11.8 Å². The number of rotatable bonds is 4. The molecule has 2 N–H and O–H groups in total. The zero-order chi connectivity index (χ0) is 19.4. The van der Waals surface area contributed by atoms with Crippen molar-refractivity contribution in [2.75, 3.05) is 50.5 Å². The molecule has 1 saturated heterocycles. The van der Waals surface area contributed by atoms with Crippen molar-refractivity contribution in [1.29, 1.82) is 0 Å². The third kappa shape index (κ3) is 4.37. The maximum atomic E-state index is 12.7. The largest absolute Gasteiger partial charge is 0.353 e. The van der Waals surface area contributed by atoms with E-state index in [1.54, 1.807) is 50.6 Å². The zero-order valence-electron chi connectivity index (χ0n) is 15.3. The lowest BCUT2D eigenvalue weighted by Crippen LogP contribution is -2.44. The number of anilines is 2. The van der Waals surface area contributed by atoms with Crippen LogP contribution in [0.2, 0.25) is 5.02 Å². The van der Waals surface area contributed by atoms with Crippen LogP contribution in [-0.4, -0.2) is 62.0 Å². The van der Waals surface area contributed by atoms with Gasteiger partial charge in [0, 0.05) is 40.3 Å². The number of benzene rings is 1. The van der Waals surface area contributed by atoms with Crippen molar-refractivity contribution >= 4 is 34.9 Å². The molecule has 142 valence electrons. The topological polar surface area (TPSA) is 77.6 Å². The van der Waals surface area contributed by atoms with Gasteiger partial charge in [-0.15, -0.1) is 0 Å². The first-order valence-corrected chi connectivity index (χ1v) is 9.08. The third-order valence-corrected chi connectivity index (χ3v) is 4.63. The van der Waals surface area contributed by atoms with Crippen LogP contribution >= 0.6 is 11.6 Å². The monoisotopic (exact) mass is 387 g/mol. The van der Waals surface area contributed by atoms with Crippen molar-refractivity contribution in [2.24, 2.45) is 0 Å². The lowest BCUT2D eigenvalue weighted by Gasteiger charge is -2.30. The molecule has 1 aliphatic rings. The quantitative estimate of drug-likeness (QED) is 0.840. The van der Waals surface area contributed by atoms with Gasteiger partial charge < -0.3 is 20.4 Å². The molecule has 1 aromatic heterocycles. The minimum Gasteiger partial charge on any atom is -0.353 e. The highest BCUT2D eigenvalue weighted by Gasteiger charge is 2.22. The van der Waals surface area contributed by atoms with Gasteiger partial charge in [0.15, 0.2) is 0 Å². The van der Waals surface area contributed by atoms with E-state index in [1.165, 1.54) is 4.90 Å². The van der Waals surface area contributed by atoms with E-state index >= 15 is 0 Å². The Labute approximate surface area is 163 Å². The lowest BCUT2D eigenvalue weighted by atomic mass is 10.1. The van der Waals surface area contributed by atoms with E-state index in [0.717, 1.165) is 26.2 Å². The fraction of sp³-hybridized carbons (Fsp3) is 0.316. The summed E-state index contributed by atoms with van der Waals surface area (Å²) in [7, 11) is 3.39. The van der Waals surface area contributed by atoms with E-state index in [0.29, 0.717) is 27.7 Å². The highest BCUT2D eigenvalue weighted by Crippen LogP contribution is 2.24. The predicted molar refractivity (Wildman–Crippen MR) is 107 cm³/mol. The van der Waals surface area contributed by atoms with Crippen molar-refractivity contribution in [2.45, 2.75) is 0 Å². The first-order chi connectivity index (χ1) is 13.0. The molecular formula is C19H22ClN5O2. The molecule has 2 aromatic rings.